The Morgan fingerprint density at radius 2 is 2.05 bits per heavy atom. The van der Waals surface area contributed by atoms with E-state index in [1.807, 2.05) is 30.3 Å². The molecule has 4 heteroatoms. The third-order valence-electron chi connectivity index (χ3n) is 3.47. The second-order valence-electron chi connectivity index (χ2n) is 5.05. The Kier molecular flexibility index (Phi) is 5.44. The molecule has 0 radical (unpaired) electrons. The zero-order valence-electron chi connectivity index (χ0n) is 12.3. The minimum absolute atomic E-state index is 0.148. The third-order valence-corrected chi connectivity index (χ3v) is 3.47. The molecule has 0 saturated heterocycles. The average Bonchev–Trinajstić information content (AvgIpc) is 2.55. The molecule has 1 aromatic carbocycles. The van der Waals surface area contributed by atoms with Gasteiger partial charge in [-0.15, -0.1) is 6.58 Å². The van der Waals surface area contributed by atoms with Crippen LogP contribution in [-0.4, -0.2) is 33.8 Å². The maximum Gasteiger partial charge on any atom is 0.227 e. The van der Waals surface area contributed by atoms with Crippen molar-refractivity contribution in [2.75, 3.05) is 0 Å². The van der Waals surface area contributed by atoms with Crippen molar-refractivity contribution in [1.82, 2.24) is 4.90 Å². The van der Waals surface area contributed by atoms with Gasteiger partial charge in [0, 0.05) is 18.7 Å². The van der Waals surface area contributed by atoms with Gasteiger partial charge in [-0.1, -0.05) is 48.6 Å². The van der Waals surface area contributed by atoms with Gasteiger partial charge in [-0.05, 0) is 12.0 Å². The minimum Gasteiger partial charge on any atom is -0.382 e. The summed E-state index contributed by atoms with van der Waals surface area (Å²) in [4.78, 5) is 25.3. The van der Waals surface area contributed by atoms with Crippen molar-refractivity contribution >= 4 is 17.8 Å². The largest absolute Gasteiger partial charge is 0.382 e. The lowest BCUT2D eigenvalue weighted by atomic mass is 9.99. The highest BCUT2D eigenvalue weighted by Gasteiger charge is 2.33. The molecule has 0 saturated carbocycles. The molecule has 1 aromatic rings. The van der Waals surface area contributed by atoms with Crippen LogP contribution in [0.25, 0.3) is 6.08 Å². The van der Waals surface area contributed by atoms with Crippen LogP contribution >= 0.6 is 0 Å². The maximum atomic E-state index is 12.2. The number of amides is 1. The Bertz CT molecular complexity index is 604. The number of aliphatic hydroxyl groups is 1. The van der Waals surface area contributed by atoms with E-state index in [2.05, 4.69) is 6.58 Å². The van der Waals surface area contributed by atoms with Gasteiger partial charge < -0.3 is 10.0 Å². The van der Waals surface area contributed by atoms with Crippen LogP contribution in [0, 0.1) is 0 Å². The first-order chi connectivity index (χ1) is 10.6. The molecule has 1 heterocycles. The van der Waals surface area contributed by atoms with Gasteiger partial charge in [0.2, 0.25) is 5.91 Å². The highest BCUT2D eigenvalue weighted by atomic mass is 16.3. The predicted octanol–water partition coefficient (Wildman–Crippen LogP) is 2.32. The number of benzene rings is 1. The molecule has 1 aliphatic heterocycles. The first-order valence-electron chi connectivity index (χ1n) is 7.19. The summed E-state index contributed by atoms with van der Waals surface area (Å²) in [6.07, 6.45) is 7.46. The van der Waals surface area contributed by atoms with Crippen molar-refractivity contribution in [3.05, 3.63) is 66.9 Å². The topological polar surface area (TPSA) is 57.6 Å². The molecule has 0 aliphatic carbocycles. The van der Waals surface area contributed by atoms with Crippen LogP contribution in [-0.2, 0) is 9.59 Å². The Balaban J connectivity index is 2.21. The molecule has 2 rings (SSSR count). The van der Waals surface area contributed by atoms with Crippen molar-refractivity contribution in [3.63, 3.8) is 0 Å². The summed E-state index contributed by atoms with van der Waals surface area (Å²) < 4.78 is 0. The summed E-state index contributed by atoms with van der Waals surface area (Å²) >= 11 is 0. The van der Waals surface area contributed by atoms with Gasteiger partial charge in [0.25, 0.3) is 0 Å². The lowest BCUT2D eigenvalue weighted by Gasteiger charge is -2.32. The van der Waals surface area contributed by atoms with E-state index in [1.165, 1.54) is 17.2 Å². The highest BCUT2D eigenvalue weighted by Crippen LogP contribution is 2.18. The number of ketones is 1. The SMILES string of the molecule is C=CCCC(=O)N1C=CC(=O)[C@H](O)[C@@H]1/C=C/c1ccccc1. The second-order valence-corrected chi connectivity index (χ2v) is 5.05. The van der Waals surface area contributed by atoms with Crippen molar-refractivity contribution < 1.29 is 14.7 Å². The lowest BCUT2D eigenvalue weighted by Crippen LogP contribution is -2.48. The van der Waals surface area contributed by atoms with E-state index in [0.717, 1.165) is 5.56 Å². The van der Waals surface area contributed by atoms with Gasteiger partial charge >= 0.3 is 0 Å². The van der Waals surface area contributed by atoms with Crippen molar-refractivity contribution in [2.45, 2.75) is 25.0 Å². The molecular weight excluding hydrogens is 278 g/mol. The highest BCUT2D eigenvalue weighted by molar-refractivity contribution is 5.97. The van der Waals surface area contributed by atoms with E-state index in [9.17, 15) is 14.7 Å². The molecule has 0 spiro atoms. The normalized spacial score (nSPS) is 21.3. The lowest BCUT2D eigenvalue weighted by molar-refractivity contribution is -0.135. The van der Waals surface area contributed by atoms with Crippen LogP contribution < -0.4 is 0 Å². The molecule has 0 bridgehead atoms. The van der Waals surface area contributed by atoms with E-state index in [4.69, 9.17) is 0 Å². The summed E-state index contributed by atoms with van der Waals surface area (Å²) in [5.74, 6) is -0.541. The Hall–Kier alpha value is -2.46. The first kappa shape index (κ1) is 15.9. The first-order valence-corrected chi connectivity index (χ1v) is 7.19. The molecule has 4 nitrogen and oxygen atoms in total. The molecule has 0 unspecified atom stereocenters. The summed E-state index contributed by atoms with van der Waals surface area (Å²) in [7, 11) is 0. The van der Waals surface area contributed by atoms with E-state index in [-0.39, 0.29) is 5.91 Å². The Morgan fingerprint density at radius 3 is 2.73 bits per heavy atom. The maximum absolute atomic E-state index is 12.2. The van der Waals surface area contributed by atoms with E-state index < -0.39 is 17.9 Å². The molecular formula is C18H19NO3. The smallest absolute Gasteiger partial charge is 0.227 e. The van der Waals surface area contributed by atoms with Gasteiger partial charge in [0.1, 0.15) is 6.10 Å². The minimum atomic E-state index is -1.24. The van der Waals surface area contributed by atoms with Crippen LogP contribution in [0.4, 0.5) is 0 Å². The Labute approximate surface area is 130 Å². The molecule has 1 aliphatic rings. The zero-order chi connectivity index (χ0) is 15.9. The number of aliphatic hydroxyl groups excluding tert-OH is 1. The van der Waals surface area contributed by atoms with E-state index in [0.29, 0.717) is 12.8 Å². The van der Waals surface area contributed by atoms with Crippen LogP contribution in [0.5, 0.6) is 0 Å². The summed E-state index contributed by atoms with van der Waals surface area (Å²) in [6, 6.07) is 8.84. The quantitative estimate of drug-likeness (QED) is 0.849. The predicted molar refractivity (Wildman–Crippen MR) is 85.7 cm³/mol. The third kappa shape index (κ3) is 3.80. The average molecular weight is 297 g/mol. The van der Waals surface area contributed by atoms with Crippen LogP contribution in [0.3, 0.4) is 0 Å². The molecule has 1 amide bonds. The molecule has 1 N–H and O–H groups in total. The van der Waals surface area contributed by atoms with Crippen LogP contribution in [0.2, 0.25) is 0 Å². The molecule has 2 atom stereocenters. The van der Waals surface area contributed by atoms with Gasteiger partial charge in [0.05, 0.1) is 6.04 Å². The number of carbonyl (C=O) groups is 2. The van der Waals surface area contributed by atoms with Crippen LogP contribution in [0.1, 0.15) is 18.4 Å². The molecule has 0 fully saturated rings. The van der Waals surface area contributed by atoms with Gasteiger partial charge in [-0.25, -0.2) is 0 Å². The molecule has 22 heavy (non-hydrogen) atoms. The molecule has 0 aromatic heterocycles. The second kappa shape index (κ2) is 7.52. The zero-order valence-corrected chi connectivity index (χ0v) is 12.3. The van der Waals surface area contributed by atoms with E-state index in [1.54, 1.807) is 18.2 Å². The summed E-state index contributed by atoms with van der Waals surface area (Å²) in [6.45, 7) is 3.59. The number of hydrogen-bond acceptors (Lipinski definition) is 3. The monoisotopic (exact) mass is 297 g/mol. The Morgan fingerprint density at radius 1 is 1.32 bits per heavy atom. The van der Waals surface area contributed by atoms with Gasteiger partial charge in [-0.2, -0.15) is 0 Å². The van der Waals surface area contributed by atoms with Gasteiger partial charge in [-0.3, -0.25) is 9.59 Å². The number of hydrogen-bond donors (Lipinski definition) is 1. The fourth-order valence-corrected chi connectivity index (χ4v) is 2.25. The summed E-state index contributed by atoms with van der Waals surface area (Å²) in [5, 5.41) is 10.1. The fourth-order valence-electron chi connectivity index (χ4n) is 2.25. The van der Waals surface area contributed by atoms with Crippen LogP contribution in [0.15, 0.2) is 61.3 Å². The number of allylic oxidation sites excluding steroid dienone is 1. The standard InChI is InChI=1S/C18H19NO3/c1-2-3-9-17(21)19-13-12-16(20)18(22)15(19)11-10-14-7-5-4-6-8-14/h2,4-8,10-13,15,18,22H,1,3,9H2/b11-10+/t15-,18+/m0/s1. The number of nitrogens with zero attached hydrogens (tertiary/aromatic N) is 1. The number of rotatable bonds is 5. The van der Waals surface area contributed by atoms with Crippen molar-refractivity contribution in [2.24, 2.45) is 0 Å². The van der Waals surface area contributed by atoms with Crippen molar-refractivity contribution in [1.29, 1.82) is 0 Å². The molecule has 114 valence electrons. The van der Waals surface area contributed by atoms with Crippen molar-refractivity contribution in [3.8, 4) is 0 Å². The number of carbonyl (C=O) groups excluding carboxylic acids is 2. The van der Waals surface area contributed by atoms with E-state index >= 15 is 0 Å². The summed E-state index contributed by atoms with van der Waals surface area (Å²) in [5.41, 5.74) is 0.940. The fraction of sp³-hybridized carbons (Fsp3) is 0.222. The van der Waals surface area contributed by atoms with Gasteiger partial charge in [0.15, 0.2) is 5.78 Å².